The average molecular weight is 366 g/mol. The molecule has 1 saturated heterocycles. The zero-order valence-electron chi connectivity index (χ0n) is 13.0. The predicted octanol–water partition coefficient (Wildman–Crippen LogP) is 1.93. The van der Waals surface area contributed by atoms with E-state index < -0.39 is 0 Å². The Kier molecular flexibility index (Phi) is 5.52. The van der Waals surface area contributed by atoms with E-state index in [-0.39, 0.29) is 24.2 Å². The van der Waals surface area contributed by atoms with E-state index in [0.717, 1.165) is 34.5 Å². The van der Waals surface area contributed by atoms with Gasteiger partial charge in [-0.2, -0.15) is 0 Å². The van der Waals surface area contributed by atoms with Gasteiger partial charge in [0.25, 0.3) is 0 Å². The molecule has 128 valence electrons. The second-order valence-electron chi connectivity index (χ2n) is 5.44. The summed E-state index contributed by atoms with van der Waals surface area (Å²) in [6, 6.07) is 3.92. The maximum atomic E-state index is 11.5. The molecule has 0 radical (unpaired) electrons. The van der Waals surface area contributed by atoms with Gasteiger partial charge in [-0.1, -0.05) is 17.8 Å². The normalized spacial score (nSPS) is 17.2. The second-order valence-corrected chi connectivity index (χ2v) is 7.45. The van der Waals surface area contributed by atoms with Crippen molar-refractivity contribution in [2.45, 2.75) is 31.0 Å². The van der Waals surface area contributed by atoms with Crippen LogP contribution in [-0.2, 0) is 20.9 Å². The van der Waals surface area contributed by atoms with Crippen molar-refractivity contribution in [3.8, 4) is 10.7 Å². The molecule has 1 fully saturated rings. The zero-order valence-corrected chi connectivity index (χ0v) is 14.6. The molecule has 1 atom stereocenters. The number of esters is 1. The molecule has 3 rings (SSSR count). The number of aromatic nitrogens is 3. The first kappa shape index (κ1) is 17.0. The minimum Gasteiger partial charge on any atom is -0.465 e. The summed E-state index contributed by atoms with van der Waals surface area (Å²) in [5, 5.41) is 11.2. The van der Waals surface area contributed by atoms with E-state index >= 15 is 0 Å². The fourth-order valence-electron chi connectivity index (χ4n) is 2.50. The van der Waals surface area contributed by atoms with Crippen molar-refractivity contribution in [2.24, 2.45) is 11.7 Å². The lowest BCUT2D eigenvalue weighted by Gasteiger charge is -2.09. The summed E-state index contributed by atoms with van der Waals surface area (Å²) >= 11 is 3.11. The lowest BCUT2D eigenvalue weighted by atomic mass is 10.1. The Morgan fingerprint density at radius 3 is 3.04 bits per heavy atom. The molecule has 1 amide bonds. The van der Waals surface area contributed by atoms with Crippen molar-refractivity contribution < 1.29 is 14.3 Å². The summed E-state index contributed by atoms with van der Waals surface area (Å²) in [4.78, 5) is 23.6. The molecule has 3 heterocycles. The van der Waals surface area contributed by atoms with Crippen molar-refractivity contribution in [1.82, 2.24) is 14.8 Å². The molecule has 1 aliphatic rings. The minimum absolute atomic E-state index is 0.0174. The number of hydrogen-bond donors (Lipinski definition) is 1. The SMILES string of the molecule is NC(=O)CCn1c(SCC[C@@H]2CCOC2=O)nnc1-c1cccs1. The van der Waals surface area contributed by atoms with E-state index in [1.54, 1.807) is 11.3 Å². The van der Waals surface area contributed by atoms with E-state index in [1.807, 2.05) is 22.1 Å². The summed E-state index contributed by atoms with van der Waals surface area (Å²) in [6.07, 6.45) is 1.77. The number of thioether (sulfide) groups is 1. The fraction of sp³-hybridized carbons (Fsp3) is 0.467. The Morgan fingerprint density at radius 1 is 1.50 bits per heavy atom. The van der Waals surface area contributed by atoms with Crippen LogP contribution in [0.1, 0.15) is 19.3 Å². The maximum absolute atomic E-state index is 11.5. The molecule has 0 spiro atoms. The number of nitrogens with two attached hydrogens (primary N) is 1. The molecule has 2 aromatic heterocycles. The highest BCUT2D eigenvalue weighted by Crippen LogP contribution is 2.29. The van der Waals surface area contributed by atoms with Gasteiger partial charge in [0, 0.05) is 18.7 Å². The molecule has 7 nitrogen and oxygen atoms in total. The zero-order chi connectivity index (χ0) is 16.9. The standard InChI is InChI=1S/C15H18N4O3S2/c16-12(20)3-6-19-13(11-2-1-8-23-11)17-18-15(19)24-9-5-10-4-7-22-14(10)21/h1-2,8,10H,3-7,9H2,(H2,16,20)/t10-/m0/s1. The Balaban J connectivity index is 1.69. The Hall–Kier alpha value is -1.87. The molecule has 0 saturated carbocycles. The highest BCUT2D eigenvalue weighted by atomic mass is 32.2. The summed E-state index contributed by atoms with van der Waals surface area (Å²) < 4.78 is 6.90. The van der Waals surface area contributed by atoms with Crippen LogP contribution in [-0.4, -0.2) is 39.0 Å². The van der Waals surface area contributed by atoms with E-state index in [0.29, 0.717) is 13.2 Å². The lowest BCUT2D eigenvalue weighted by molar-refractivity contribution is -0.141. The number of hydrogen-bond acceptors (Lipinski definition) is 7. The smallest absolute Gasteiger partial charge is 0.309 e. The van der Waals surface area contributed by atoms with Crippen LogP contribution in [0, 0.1) is 5.92 Å². The van der Waals surface area contributed by atoms with Gasteiger partial charge in [0.15, 0.2) is 11.0 Å². The fourth-order valence-corrected chi connectivity index (χ4v) is 4.23. The molecular formula is C15H18N4O3S2. The van der Waals surface area contributed by atoms with Gasteiger partial charge < -0.3 is 15.0 Å². The summed E-state index contributed by atoms with van der Waals surface area (Å²) in [7, 11) is 0. The van der Waals surface area contributed by atoms with E-state index in [4.69, 9.17) is 10.5 Å². The largest absolute Gasteiger partial charge is 0.465 e. The minimum atomic E-state index is -0.356. The van der Waals surface area contributed by atoms with Crippen molar-refractivity contribution >= 4 is 35.0 Å². The Labute approximate surface area is 147 Å². The van der Waals surface area contributed by atoms with Gasteiger partial charge in [0.05, 0.1) is 17.4 Å². The molecule has 2 N–H and O–H groups in total. The summed E-state index contributed by atoms with van der Waals surface area (Å²) in [6.45, 7) is 0.967. The van der Waals surface area contributed by atoms with Crippen LogP contribution in [0.15, 0.2) is 22.7 Å². The number of nitrogens with zero attached hydrogens (tertiary/aromatic N) is 3. The number of cyclic esters (lactones) is 1. The third-order valence-corrected chi connectivity index (χ3v) is 5.65. The van der Waals surface area contributed by atoms with Crippen LogP contribution in [0.25, 0.3) is 10.7 Å². The van der Waals surface area contributed by atoms with Crippen LogP contribution < -0.4 is 5.73 Å². The number of amides is 1. The predicted molar refractivity (Wildman–Crippen MR) is 91.6 cm³/mol. The number of carbonyl (C=O) groups is 2. The highest BCUT2D eigenvalue weighted by Gasteiger charge is 2.26. The summed E-state index contributed by atoms with van der Waals surface area (Å²) in [5.41, 5.74) is 5.28. The third-order valence-electron chi connectivity index (χ3n) is 3.78. The number of rotatable bonds is 8. The van der Waals surface area contributed by atoms with Gasteiger partial charge >= 0.3 is 5.97 Å². The topological polar surface area (TPSA) is 100 Å². The molecule has 1 aliphatic heterocycles. The van der Waals surface area contributed by atoms with Crippen molar-refractivity contribution in [2.75, 3.05) is 12.4 Å². The first-order chi connectivity index (χ1) is 11.6. The number of carbonyl (C=O) groups excluding carboxylic acids is 2. The number of primary amides is 1. The van der Waals surface area contributed by atoms with Crippen molar-refractivity contribution in [3.63, 3.8) is 0 Å². The molecule has 0 unspecified atom stereocenters. The van der Waals surface area contributed by atoms with Gasteiger partial charge in [-0.3, -0.25) is 9.59 Å². The van der Waals surface area contributed by atoms with Crippen molar-refractivity contribution in [1.29, 1.82) is 0 Å². The summed E-state index contributed by atoms with van der Waals surface area (Å²) in [5.74, 6) is 1.01. The van der Waals surface area contributed by atoms with Gasteiger partial charge in [-0.05, 0) is 24.3 Å². The van der Waals surface area contributed by atoms with Crippen molar-refractivity contribution in [3.05, 3.63) is 17.5 Å². The van der Waals surface area contributed by atoms with Crippen LogP contribution in [0.4, 0.5) is 0 Å². The van der Waals surface area contributed by atoms with E-state index in [1.165, 1.54) is 11.8 Å². The number of thiophene rings is 1. The lowest BCUT2D eigenvalue weighted by Crippen LogP contribution is -2.15. The molecule has 0 aromatic carbocycles. The quantitative estimate of drug-likeness (QED) is 0.566. The van der Waals surface area contributed by atoms with Gasteiger partial charge in [0.1, 0.15) is 0 Å². The van der Waals surface area contributed by atoms with Crippen LogP contribution in [0.2, 0.25) is 0 Å². The monoisotopic (exact) mass is 366 g/mol. The van der Waals surface area contributed by atoms with Gasteiger partial charge in [-0.25, -0.2) is 0 Å². The first-order valence-electron chi connectivity index (χ1n) is 7.70. The van der Waals surface area contributed by atoms with Crippen LogP contribution in [0.3, 0.4) is 0 Å². The molecule has 9 heteroatoms. The highest BCUT2D eigenvalue weighted by molar-refractivity contribution is 7.99. The van der Waals surface area contributed by atoms with Crippen LogP contribution >= 0.6 is 23.1 Å². The first-order valence-corrected chi connectivity index (χ1v) is 9.56. The average Bonchev–Trinajstić information content (AvgIpc) is 3.27. The molecule has 0 aliphatic carbocycles. The van der Waals surface area contributed by atoms with Crippen LogP contribution in [0.5, 0.6) is 0 Å². The third kappa shape index (κ3) is 3.96. The number of ether oxygens (including phenoxy) is 1. The van der Waals surface area contributed by atoms with E-state index in [9.17, 15) is 9.59 Å². The van der Waals surface area contributed by atoms with E-state index in [2.05, 4.69) is 10.2 Å². The van der Waals surface area contributed by atoms with Gasteiger partial charge in [-0.15, -0.1) is 21.5 Å². The molecule has 0 bridgehead atoms. The molecule has 24 heavy (non-hydrogen) atoms. The molecule has 2 aromatic rings. The Morgan fingerprint density at radius 2 is 2.38 bits per heavy atom. The Bertz CT molecular complexity index is 714. The maximum Gasteiger partial charge on any atom is 0.309 e. The van der Waals surface area contributed by atoms with Gasteiger partial charge in [0.2, 0.25) is 5.91 Å². The molecular weight excluding hydrogens is 348 g/mol. The second kappa shape index (κ2) is 7.80.